The number of rotatable bonds is 7. The highest BCUT2D eigenvalue weighted by Gasteiger charge is 2.41. The van der Waals surface area contributed by atoms with Crippen molar-refractivity contribution in [2.45, 2.75) is 58.0 Å². The average molecular weight is 468 g/mol. The Labute approximate surface area is 196 Å². The molecule has 1 atom stereocenters. The molecule has 6 nitrogen and oxygen atoms in total. The molecule has 0 fully saturated rings. The predicted molar refractivity (Wildman–Crippen MR) is 132 cm³/mol. The summed E-state index contributed by atoms with van der Waals surface area (Å²) in [5.74, 6) is -0.414. The van der Waals surface area contributed by atoms with Gasteiger partial charge in [-0.2, -0.15) is 0 Å². The van der Waals surface area contributed by atoms with Crippen LogP contribution in [0.25, 0.3) is 10.9 Å². The molecule has 0 saturated carbocycles. The van der Waals surface area contributed by atoms with Crippen molar-refractivity contribution < 1.29 is 23.5 Å². The Morgan fingerprint density at radius 1 is 1.00 bits per heavy atom. The Bertz CT molecular complexity index is 1110. The molecule has 0 radical (unpaired) electrons. The number of nitrogens with zero attached hydrogens (tertiary/aromatic N) is 1. The van der Waals surface area contributed by atoms with Crippen LogP contribution in [-0.2, 0) is 31.7 Å². The summed E-state index contributed by atoms with van der Waals surface area (Å²) in [6.45, 7) is 10.8. The largest absolute Gasteiger partial charge is 0.467 e. The second-order valence-electron chi connectivity index (χ2n) is 9.68. The van der Waals surface area contributed by atoms with Crippen molar-refractivity contribution in [2.75, 3.05) is 7.11 Å². The standard InChI is InChI=1S/C26H33NO5Si/c1-26(2,3)33(5,6)32-23(24(28)30-4)16-20-17-27(22-15-11-10-14-21(20)22)25(29)31-18-19-12-8-7-9-13-19/h7-15,17,23H,16,18H2,1-6H3. The minimum Gasteiger partial charge on any atom is -0.467 e. The van der Waals surface area contributed by atoms with E-state index in [1.54, 1.807) is 6.20 Å². The Balaban J connectivity index is 1.89. The lowest BCUT2D eigenvalue weighted by atomic mass is 10.1. The van der Waals surface area contributed by atoms with Crippen LogP contribution in [0.4, 0.5) is 4.79 Å². The number of hydrogen-bond donors (Lipinski definition) is 0. The van der Waals surface area contributed by atoms with E-state index < -0.39 is 26.5 Å². The average Bonchev–Trinajstić information content (AvgIpc) is 3.15. The minimum absolute atomic E-state index is 0.0610. The lowest BCUT2D eigenvalue weighted by Gasteiger charge is -2.38. The molecule has 0 aliphatic carbocycles. The van der Waals surface area contributed by atoms with E-state index in [1.807, 2.05) is 54.6 Å². The molecule has 0 bridgehead atoms. The lowest BCUT2D eigenvalue weighted by Crippen LogP contribution is -2.47. The number of aromatic nitrogens is 1. The molecule has 0 aliphatic heterocycles. The van der Waals surface area contributed by atoms with E-state index in [0.717, 1.165) is 22.0 Å². The maximum atomic E-state index is 12.9. The fraction of sp³-hybridized carbons (Fsp3) is 0.385. The van der Waals surface area contributed by atoms with E-state index in [9.17, 15) is 9.59 Å². The highest BCUT2D eigenvalue weighted by molar-refractivity contribution is 6.74. The van der Waals surface area contributed by atoms with Crippen LogP contribution in [0.5, 0.6) is 0 Å². The molecule has 2 aromatic carbocycles. The zero-order chi connectivity index (χ0) is 24.2. The van der Waals surface area contributed by atoms with E-state index in [0.29, 0.717) is 6.42 Å². The van der Waals surface area contributed by atoms with Crippen LogP contribution >= 0.6 is 0 Å². The number of hydrogen-bond acceptors (Lipinski definition) is 5. The first-order valence-corrected chi connectivity index (χ1v) is 14.0. The maximum Gasteiger partial charge on any atom is 0.418 e. The number of carbonyl (C=O) groups excluding carboxylic acids is 2. The smallest absolute Gasteiger partial charge is 0.418 e. The summed E-state index contributed by atoms with van der Waals surface area (Å²) in [7, 11) is -0.863. The van der Waals surface area contributed by atoms with E-state index in [4.69, 9.17) is 13.9 Å². The zero-order valence-corrected chi connectivity index (χ0v) is 21.3. The number of ether oxygens (including phenoxy) is 2. The fourth-order valence-corrected chi connectivity index (χ4v) is 4.63. The van der Waals surface area contributed by atoms with Gasteiger partial charge in [-0.25, -0.2) is 9.59 Å². The van der Waals surface area contributed by atoms with Gasteiger partial charge in [0.05, 0.1) is 12.6 Å². The molecule has 7 heteroatoms. The minimum atomic E-state index is -2.23. The summed E-state index contributed by atoms with van der Waals surface area (Å²) < 4.78 is 18.5. The summed E-state index contributed by atoms with van der Waals surface area (Å²) >= 11 is 0. The number of fused-ring (bicyclic) bond motifs is 1. The third-order valence-electron chi connectivity index (χ3n) is 6.31. The number of methoxy groups -OCH3 is 1. The predicted octanol–water partition coefficient (Wildman–Crippen LogP) is 5.93. The van der Waals surface area contributed by atoms with Gasteiger partial charge >= 0.3 is 12.1 Å². The molecule has 1 unspecified atom stereocenters. The quantitative estimate of drug-likeness (QED) is 0.318. The van der Waals surface area contributed by atoms with Crippen molar-refractivity contribution in [3.05, 3.63) is 71.9 Å². The van der Waals surface area contributed by atoms with E-state index in [-0.39, 0.29) is 11.6 Å². The van der Waals surface area contributed by atoms with Crippen LogP contribution in [0.3, 0.4) is 0 Å². The lowest BCUT2D eigenvalue weighted by molar-refractivity contribution is -0.149. The van der Waals surface area contributed by atoms with Gasteiger partial charge in [0.2, 0.25) is 0 Å². The Kier molecular flexibility index (Phi) is 7.44. The van der Waals surface area contributed by atoms with Crippen molar-refractivity contribution in [2.24, 2.45) is 0 Å². The Morgan fingerprint density at radius 2 is 1.64 bits per heavy atom. The van der Waals surface area contributed by atoms with Gasteiger partial charge in [0, 0.05) is 18.0 Å². The first-order chi connectivity index (χ1) is 15.5. The van der Waals surface area contributed by atoms with E-state index in [2.05, 4.69) is 33.9 Å². The molecule has 1 heterocycles. The van der Waals surface area contributed by atoms with Crippen molar-refractivity contribution >= 4 is 31.3 Å². The van der Waals surface area contributed by atoms with Crippen LogP contribution in [0.2, 0.25) is 18.1 Å². The number of para-hydroxylation sites is 1. The molecule has 176 valence electrons. The topological polar surface area (TPSA) is 66.8 Å². The van der Waals surface area contributed by atoms with Gasteiger partial charge in [0.1, 0.15) is 12.7 Å². The van der Waals surface area contributed by atoms with Crippen LogP contribution in [0.1, 0.15) is 31.9 Å². The Morgan fingerprint density at radius 3 is 2.27 bits per heavy atom. The molecule has 0 spiro atoms. The summed E-state index contributed by atoms with van der Waals surface area (Å²) in [5, 5.41) is 0.816. The van der Waals surface area contributed by atoms with Gasteiger partial charge in [-0.3, -0.25) is 4.57 Å². The van der Waals surface area contributed by atoms with Gasteiger partial charge in [-0.15, -0.1) is 0 Å². The first-order valence-electron chi connectivity index (χ1n) is 11.1. The van der Waals surface area contributed by atoms with Gasteiger partial charge in [0.15, 0.2) is 8.32 Å². The van der Waals surface area contributed by atoms with Crippen LogP contribution < -0.4 is 0 Å². The maximum absolute atomic E-state index is 12.9. The fourth-order valence-electron chi connectivity index (χ4n) is 3.39. The highest BCUT2D eigenvalue weighted by Crippen LogP contribution is 2.38. The SMILES string of the molecule is COC(=O)C(Cc1cn(C(=O)OCc2ccccc2)c2ccccc12)O[Si](C)(C)C(C)(C)C. The van der Waals surface area contributed by atoms with Gasteiger partial charge < -0.3 is 13.9 Å². The molecule has 3 rings (SSSR count). The molecule has 0 N–H and O–H groups in total. The highest BCUT2D eigenvalue weighted by atomic mass is 28.4. The third kappa shape index (κ3) is 5.72. The van der Waals surface area contributed by atoms with Crippen LogP contribution in [-0.4, -0.2) is 38.2 Å². The van der Waals surface area contributed by atoms with Gasteiger partial charge in [0.25, 0.3) is 0 Å². The van der Waals surface area contributed by atoms with Crippen molar-refractivity contribution in [1.29, 1.82) is 0 Å². The molecule has 0 amide bonds. The van der Waals surface area contributed by atoms with Crippen molar-refractivity contribution in [3.8, 4) is 0 Å². The summed E-state index contributed by atoms with van der Waals surface area (Å²) in [4.78, 5) is 25.5. The molecule has 1 aromatic heterocycles. The van der Waals surface area contributed by atoms with Crippen LogP contribution in [0.15, 0.2) is 60.8 Å². The second kappa shape index (κ2) is 9.93. The second-order valence-corrected chi connectivity index (χ2v) is 14.4. The molecule has 0 aliphatic rings. The number of benzene rings is 2. The number of carbonyl (C=O) groups is 2. The molecular formula is C26H33NO5Si. The third-order valence-corrected chi connectivity index (χ3v) is 10.8. The van der Waals surface area contributed by atoms with E-state index in [1.165, 1.54) is 11.7 Å². The molecule has 33 heavy (non-hydrogen) atoms. The summed E-state index contributed by atoms with van der Waals surface area (Å²) in [5.41, 5.74) is 2.47. The summed E-state index contributed by atoms with van der Waals surface area (Å²) in [6, 6.07) is 17.1. The van der Waals surface area contributed by atoms with Crippen LogP contribution in [0, 0.1) is 0 Å². The normalized spacial score (nSPS) is 13.0. The monoisotopic (exact) mass is 467 g/mol. The Hall–Kier alpha value is -2.90. The molecule has 3 aromatic rings. The number of esters is 1. The van der Waals surface area contributed by atoms with Gasteiger partial charge in [-0.05, 0) is 35.3 Å². The molecule has 0 saturated heterocycles. The van der Waals surface area contributed by atoms with Crippen molar-refractivity contribution in [1.82, 2.24) is 4.57 Å². The van der Waals surface area contributed by atoms with E-state index >= 15 is 0 Å². The van der Waals surface area contributed by atoms with Crippen molar-refractivity contribution in [3.63, 3.8) is 0 Å². The first kappa shape index (κ1) is 24.7. The zero-order valence-electron chi connectivity index (χ0n) is 20.3. The van der Waals surface area contributed by atoms with Gasteiger partial charge in [-0.1, -0.05) is 69.3 Å². The molecular weight excluding hydrogens is 434 g/mol. The summed E-state index contributed by atoms with van der Waals surface area (Å²) in [6.07, 6.45) is 0.818.